The van der Waals surface area contributed by atoms with E-state index in [2.05, 4.69) is 21.9 Å². The minimum atomic E-state index is -0.235. The van der Waals surface area contributed by atoms with Gasteiger partial charge in [0.15, 0.2) is 0 Å². The van der Waals surface area contributed by atoms with Crippen LogP contribution >= 0.6 is 12.4 Å². The van der Waals surface area contributed by atoms with Gasteiger partial charge in [0.25, 0.3) is 0 Å². The quantitative estimate of drug-likeness (QED) is 0.462. The highest BCUT2D eigenvalue weighted by Crippen LogP contribution is 2.21. The van der Waals surface area contributed by atoms with Crippen molar-refractivity contribution in [2.45, 2.75) is 32.6 Å². The lowest BCUT2D eigenvalue weighted by atomic mass is 9.97. The molecule has 0 spiro atoms. The van der Waals surface area contributed by atoms with Gasteiger partial charge in [-0.3, -0.25) is 14.5 Å². The third-order valence-corrected chi connectivity index (χ3v) is 4.69. The van der Waals surface area contributed by atoms with Crippen molar-refractivity contribution >= 4 is 12.4 Å². The van der Waals surface area contributed by atoms with Crippen molar-refractivity contribution in [2.75, 3.05) is 0 Å². The van der Waals surface area contributed by atoms with Crippen molar-refractivity contribution in [1.29, 1.82) is 0 Å². The van der Waals surface area contributed by atoms with E-state index in [9.17, 15) is 4.39 Å². The van der Waals surface area contributed by atoms with Crippen LogP contribution in [-0.4, -0.2) is 29.5 Å². The number of nitrogens with zero attached hydrogens (tertiary/aromatic N) is 6. The Bertz CT molecular complexity index is 1100. The maximum Gasteiger partial charge on any atom is 0.141 e. The van der Waals surface area contributed by atoms with Gasteiger partial charge in [-0.15, -0.1) is 12.4 Å². The fourth-order valence-corrected chi connectivity index (χ4v) is 3.19. The first kappa shape index (κ1) is 21.5. The monoisotopic (exact) mass is 424 g/mol. The zero-order valence-corrected chi connectivity index (χ0v) is 17.6. The molecule has 0 aliphatic rings. The third kappa shape index (κ3) is 5.24. The fourth-order valence-electron chi connectivity index (χ4n) is 3.19. The molecule has 0 amide bonds. The molecule has 0 aliphatic heterocycles. The van der Waals surface area contributed by atoms with Gasteiger partial charge in [-0.05, 0) is 30.5 Å². The van der Waals surface area contributed by atoms with E-state index in [1.807, 2.05) is 35.9 Å². The molecule has 3 aromatic heterocycles. The molecule has 0 aliphatic carbocycles. The Balaban J connectivity index is 0.00000256. The standard InChI is InChI=1S/C22H21FN6.ClH/c1-15(17-3-5-18(23)6-4-17)9-21-27-19(10-20-12-24-7-8-25-20)11-22(28-21)29-13-16(2)26-14-29;/h3-8,11-15H,9-10H2,1-2H3;1H/t15-;/m1./s1. The Hall–Kier alpha value is -3.19. The van der Waals surface area contributed by atoms with Crippen LogP contribution in [0, 0.1) is 12.7 Å². The molecule has 0 radical (unpaired) electrons. The Kier molecular flexibility index (Phi) is 6.84. The molecule has 4 rings (SSSR count). The van der Waals surface area contributed by atoms with E-state index in [1.54, 1.807) is 24.9 Å². The number of hydrogen-bond donors (Lipinski definition) is 0. The van der Waals surface area contributed by atoms with E-state index in [-0.39, 0.29) is 24.1 Å². The van der Waals surface area contributed by atoms with Crippen molar-refractivity contribution in [3.63, 3.8) is 0 Å². The van der Waals surface area contributed by atoms with Gasteiger partial charge < -0.3 is 0 Å². The Morgan fingerprint density at radius 1 is 1.03 bits per heavy atom. The molecule has 1 aromatic carbocycles. The van der Waals surface area contributed by atoms with E-state index in [0.717, 1.165) is 34.3 Å². The highest BCUT2D eigenvalue weighted by molar-refractivity contribution is 5.85. The number of rotatable bonds is 6. The average molecular weight is 425 g/mol. The summed E-state index contributed by atoms with van der Waals surface area (Å²) in [6.07, 6.45) is 9.95. The number of hydrogen-bond acceptors (Lipinski definition) is 5. The molecule has 6 nitrogen and oxygen atoms in total. The minimum absolute atomic E-state index is 0. The van der Waals surface area contributed by atoms with Gasteiger partial charge >= 0.3 is 0 Å². The van der Waals surface area contributed by atoms with Crippen LogP contribution in [-0.2, 0) is 12.8 Å². The first-order valence-corrected chi connectivity index (χ1v) is 9.45. The summed E-state index contributed by atoms with van der Waals surface area (Å²) in [7, 11) is 0. The predicted octanol–water partition coefficient (Wildman–Crippen LogP) is 4.26. The van der Waals surface area contributed by atoms with Crippen molar-refractivity contribution in [3.8, 4) is 5.82 Å². The summed E-state index contributed by atoms with van der Waals surface area (Å²) in [5.41, 5.74) is 3.68. The summed E-state index contributed by atoms with van der Waals surface area (Å²) in [5.74, 6) is 1.41. The first-order valence-electron chi connectivity index (χ1n) is 9.45. The van der Waals surface area contributed by atoms with Crippen molar-refractivity contribution in [1.82, 2.24) is 29.5 Å². The SMILES string of the molecule is Cc1cn(-c2cc(Cc3cnccn3)nc(C[C@@H](C)c3ccc(F)cc3)n2)cn1.Cl. The molecular formula is C22H22ClFN6. The predicted molar refractivity (Wildman–Crippen MR) is 114 cm³/mol. The lowest BCUT2D eigenvalue weighted by Crippen LogP contribution is -2.09. The second-order valence-corrected chi connectivity index (χ2v) is 7.09. The van der Waals surface area contributed by atoms with Crippen molar-refractivity contribution in [3.05, 3.63) is 95.7 Å². The molecule has 0 unspecified atom stereocenters. The van der Waals surface area contributed by atoms with Gasteiger partial charge in [-0.25, -0.2) is 19.3 Å². The molecule has 0 bridgehead atoms. The van der Waals surface area contributed by atoms with E-state index in [4.69, 9.17) is 9.97 Å². The molecule has 3 heterocycles. The molecule has 1 atom stereocenters. The van der Waals surface area contributed by atoms with E-state index >= 15 is 0 Å². The highest BCUT2D eigenvalue weighted by atomic mass is 35.5. The lowest BCUT2D eigenvalue weighted by molar-refractivity contribution is 0.624. The van der Waals surface area contributed by atoms with Gasteiger partial charge in [0.05, 0.1) is 17.1 Å². The van der Waals surface area contributed by atoms with Gasteiger partial charge in [-0.1, -0.05) is 19.1 Å². The second-order valence-electron chi connectivity index (χ2n) is 7.09. The summed E-state index contributed by atoms with van der Waals surface area (Å²) < 4.78 is 15.1. The van der Waals surface area contributed by atoms with Gasteiger partial charge in [0, 0.05) is 43.7 Å². The summed E-state index contributed by atoms with van der Waals surface area (Å²) >= 11 is 0. The number of aromatic nitrogens is 6. The van der Waals surface area contributed by atoms with Crippen LogP contribution in [0.15, 0.2) is 61.4 Å². The molecule has 0 saturated carbocycles. The van der Waals surface area contributed by atoms with Gasteiger partial charge in [0.2, 0.25) is 0 Å². The smallest absolute Gasteiger partial charge is 0.141 e. The van der Waals surface area contributed by atoms with Crippen LogP contribution in [0.5, 0.6) is 0 Å². The second kappa shape index (κ2) is 9.54. The van der Waals surface area contributed by atoms with Gasteiger partial charge in [-0.2, -0.15) is 0 Å². The average Bonchev–Trinajstić information content (AvgIpc) is 3.15. The van der Waals surface area contributed by atoms with Crippen LogP contribution in [0.1, 0.15) is 41.3 Å². The molecule has 4 aromatic rings. The van der Waals surface area contributed by atoms with Crippen LogP contribution in [0.2, 0.25) is 0 Å². The number of imidazole rings is 1. The van der Waals surface area contributed by atoms with E-state index in [1.165, 1.54) is 12.1 Å². The Morgan fingerprint density at radius 2 is 1.83 bits per heavy atom. The summed E-state index contributed by atoms with van der Waals surface area (Å²) in [6.45, 7) is 4.03. The van der Waals surface area contributed by atoms with Crippen LogP contribution in [0.25, 0.3) is 5.82 Å². The number of benzene rings is 1. The van der Waals surface area contributed by atoms with E-state index < -0.39 is 0 Å². The fraction of sp³-hybridized carbons (Fsp3) is 0.227. The largest absolute Gasteiger partial charge is 0.290 e. The minimum Gasteiger partial charge on any atom is -0.290 e. The molecule has 0 N–H and O–H groups in total. The number of aryl methyl sites for hydroxylation is 1. The zero-order chi connectivity index (χ0) is 20.2. The zero-order valence-electron chi connectivity index (χ0n) is 16.7. The summed E-state index contributed by atoms with van der Waals surface area (Å²) in [4.78, 5) is 22.3. The molecule has 154 valence electrons. The summed E-state index contributed by atoms with van der Waals surface area (Å²) in [5, 5.41) is 0. The van der Waals surface area contributed by atoms with Crippen molar-refractivity contribution < 1.29 is 4.39 Å². The maximum atomic E-state index is 13.2. The maximum absolute atomic E-state index is 13.2. The topological polar surface area (TPSA) is 69.4 Å². The molecule has 0 fully saturated rings. The van der Waals surface area contributed by atoms with Crippen LogP contribution in [0.3, 0.4) is 0 Å². The Labute approximate surface area is 180 Å². The normalized spacial score (nSPS) is 11.7. The van der Waals surface area contributed by atoms with Crippen molar-refractivity contribution in [2.24, 2.45) is 0 Å². The van der Waals surface area contributed by atoms with Crippen LogP contribution in [0.4, 0.5) is 4.39 Å². The van der Waals surface area contributed by atoms with Gasteiger partial charge in [0.1, 0.15) is 23.8 Å². The molecular weight excluding hydrogens is 403 g/mol. The number of halogens is 2. The molecule has 0 saturated heterocycles. The molecule has 30 heavy (non-hydrogen) atoms. The first-order chi connectivity index (χ1) is 14.1. The van der Waals surface area contributed by atoms with E-state index in [0.29, 0.717) is 12.8 Å². The Morgan fingerprint density at radius 3 is 2.50 bits per heavy atom. The third-order valence-electron chi connectivity index (χ3n) is 4.69. The summed E-state index contributed by atoms with van der Waals surface area (Å²) in [6, 6.07) is 8.53. The lowest BCUT2D eigenvalue weighted by Gasteiger charge is -2.13. The van der Waals surface area contributed by atoms with Crippen LogP contribution < -0.4 is 0 Å². The molecule has 8 heteroatoms. The highest BCUT2D eigenvalue weighted by Gasteiger charge is 2.13.